The van der Waals surface area contributed by atoms with Gasteiger partial charge in [0.1, 0.15) is 5.78 Å². The van der Waals surface area contributed by atoms with Crippen LogP contribution in [-0.2, 0) is 11.2 Å². The standard InChI is InChI=1S/C17H22O/c1-12-3-2-4-13(7-12)10-17(18)11-16-9-14-5-6-15(16)8-14/h2-4,7,14-16H,5-6,8-11H2,1H3. The predicted octanol–water partition coefficient (Wildman–Crippen LogP) is 3.93. The molecule has 2 aliphatic rings. The Hall–Kier alpha value is -1.11. The van der Waals surface area contributed by atoms with E-state index in [1.54, 1.807) is 0 Å². The maximum absolute atomic E-state index is 12.2. The van der Waals surface area contributed by atoms with Gasteiger partial charge in [-0.15, -0.1) is 0 Å². The van der Waals surface area contributed by atoms with Gasteiger partial charge < -0.3 is 0 Å². The van der Waals surface area contributed by atoms with Gasteiger partial charge in [-0.3, -0.25) is 4.79 Å². The molecule has 1 aromatic rings. The third-order valence-electron chi connectivity index (χ3n) is 4.86. The molecule has 0 spiro atoms. The summed E-state index contributed by atoms with van der Waals surface area (Å²) in [6.07, 6.45) is 7.00. The Morgan fingerprint density at radius 1 is 1.28 bits per heavy atom. The molecule has 0 heterocycles. The van der Waals surface area contributed by atoms with Crippen molar-refractivity contribution in [2.24, 2.45) is 17.8 Å². The van der Waals surface area contributed by atoms with Crippen molar-refractivity contribution in [2.45, 2.75) is 45.4 Å². The lowest BCUT2D eigenvalue weighted by Gasteiger charge is -2.20. The highest BCUT2D eigenvalue weighted by molar-refractivity contribution is 5.81. The van der Waals surface area contributed by atoms with Gasteiger partial charge in [0.2, 0.25) is 0 Å². The Kier molecular flexibility index (Phi) is 3.23. The van der Waals surface area contributed by atoms with E-state index in [2.05, 4.69) is 31.2 Å². The fourth-order valence-corrected chi connectivity index (χ4v) is 4.04. The fourth-order valence-electron chi connectivity index (χ4n) is 4.04. The van der Waals surface area contributed by atoms with Crippen LogP contribution in [0.2, 0.25) is 0 Å². The van der Waals surface area contributed by atoms with Crippen molar-refractivity contribution in [3.63, 3.8) is 0 Å². The minimum atomic E-state index is 0.443. The summed E-state index contributed by atoms with van der Waals surface area (Å²) in [5.74, 6) is 2.97. The topological polar surface area (TPSA) is 17.1 Å². The zero-order valence-corrected chi connectivity index (χ0v) is 11.2. The number of aryl methyl sites for hydroxylation is 1. The van der Waals surface area contributed by atoms with Crippen molar-refractivity contribution >= 4 is 5.78 Å². The average Bonchev–Trinajstić information content (AvgIpc) is 2.90. The van der Waals surface area contributed by atoms with Crippen LogP contribution in [0.25, 0.3) is 0 Å². The Bertz CT molecular complexity index is 449. The highest BCUT2D eigenvalue weighted by atomic mass is 16.1. The summed E-state index contributed by atoms with van der Waals surface area (Å²) in [4.78, 5) is 12.2. The van der Waals surface area contributed by atoms with Crippen LogP contribution in [-0.4, -0.2) is 5.78 Å². The summed E-state index contributed by atoms with van der Waals surface area (Å²) in [6.45, 7) is 2.09. The van der Waals surface area contributed by atoms with Crippen molar-refractivity contribution in [1.29, 1.82) is 0 Å². The van der Waals surface area contributed by atoms with E-state index in [-0.39, 0.29) is 0 Å². The highest BCUT2D eigenvalue weighted by Gasteiger charge is 2.39. The minimum absolute atomic E-state index is 0.443. The Labute approximate surface area is 110 Å². The molecule has 3 unspecified atom stereocenters. The maximum Gasteiger partial charge on any atom is 0.137 e. The Morgan fingerprint density at radius 2 is 2.17 bits per heavy atom. The number of carbonyl (C=O) groups is 1. The number of Topliss-reactive ketones (excluding diaryl/α,β-unsaturated/α-hetero) is 1. The maximum atomic E-state index is 12.2. The van der Waals surface area contributed by atoms with Crippen LogP contribution >= 0.6 is 0 Å². The lowest BCUT2D eigenvalue weighted by atomic mass is 9.84. The van der Waals surface area contributed by atoms with Gasteiger partial charge in [0.25, 0.3) is 0 Å². The average molecular weight is 242 g/mol. The van der Waals surface area contributed by atoms with Crippen molar-refractivity contribution in [1.82, 2.24) is 0 Å². The summed E-state index contributed by atoms with van der Waals surface area (Å²) < 4.78 is 0. The summed E-state index contributed by atoms with van der Waals surface area (Å²) in [6, 6.07) is 8.35. The molecule has 1 nitrogen and oxygen atoms in total. The zero-order chi connectivity index (χ0) is 12.5. The van der Waals surface area contributed by atoms with E-state index >= 15 is 0 Å². The third-order valence-corrected chi connectivity index (χ3v) is 4.86. The monoisotopic (exact) mass is 242 g/mol. The molecule has 18 heavy (non-hydrogen) atoms. The number of rotatable bonds is 4. The second kappa shape index (κ2) is 4.87. The Balaban J connectivity index is 1.56. The molecular formula is C17H22O. The number of carbonyl (C=O) groups excluding carboxylic acids is 1. The smallest absolute Gasteiger partial charge is 0.137 e. The molecule has 0 aromatic heterocycles. The fraction of sp³-hybridized carbons (Fsp3) is 0.588. The molecule has 3 atom stereocenters. The molecule has 0 saturated heterocycles. The molecule has 1 heteroatoms. The minimum Gasteiger partial charge on any atom is -0.299 e. The molecule has 0 N–H and O–H groups in total. The number of benzene rings is 1. The SMILES string of the molecule is Cc1cccc(CC(=O)CC2CC3CCC2C3)c1. The van der Waals surface area contributed by atoms with Crippen molar-refractivity contribution in [2.75, 3.05) is 0 Å². The first-order valence-electron chi connectivity index (χ1n) is 7.28. The molecule has 96 valence electrons. The first kappa shape index (κ1) is 12.0. The number of fused-ring (bicyclic) bond motifs is 2. The molecule has 1 aromatic carbocycles. The van der Waals surface area contributed by atoms with Gasteiger partial charge in [-0.1, -0.05) is 36.2 Å². The molecule has 0 amide bonds. The molecule has 2 aliphatic carbocycles. The van der Waals surface area contributed by atoms with E-state index in [4.69, 9.17) is 0 Å². The van der Waals surface area contributed by atoms with Crippen LogP contribution in [0.1, 0.15) is 43.2 Å². The quantitative estimate of drug-likeness (QED) is 0.781. The van der Waals surface area contributed by atoms with Crippen molar-refractivity contribution < 1.29 is 4.79 Å². The highest BCUT2D eigenvalue weighted by Crippen LogP contribution is 2.49. The number of ketones is 1. The van der Waals surface area contributed by atoms with Gasteiger partial charge in [-0.2, -0.15) is 0 Å². The lowest BCUT2D eigenvalue weighted by molar-refractivity contribution is -0.119. The van der Waals surface area contributed by atoms with Gasteiger partial charge >= 0.3 is 0 Å². The van der Waals surface area contributed by atoms with E-state index in [1.165, 1.54) is 36.8 Å². The van der Waals surface area contributed by atoms with Gasteiger partial charge in [-0.05, 0) is 49.5 Å². The normalized spacial score (nSPS) is 29.7. The molecule has 2 bridgehead atoms. The van der Waals surface area contributed by atoms with Gasteiger partial charge in [0.15, 0.2) is 0 Å². The van der Waals surface area contributed by atoms with E-state index in [0.717, 1.165) is 18.3 Å². The van der Waals surface area contributed by atoms with Crippen LogP contribution < -0.4 is 0 Å². The van der Waals surface area contributed by atoms with E-state index in [1.807, 2.05) is 0 Å². The van der Waals surface area contributed by atoms with E-state index < -0.39 is 0 Å². The zero-order valence-electron chi connectivity index (χ0n) is 11.2. The number of hydrogen-bond acceptors (Lipinski definition) is 1. The first-order chi connectivity index (χ1) is 8.70. The summed E-state index contributed by atoms with van der Waals surface area (Å²) in [5.41, 5.74) is 2.43. The van der Waals surface area contributed by atoms with Crippen LogP contribution in [0.5, 0.6) is 0 Å². The molecule has 0 aliphatic heterocycles. The molecule has 2 fully saturated rings. The molecular weight excluding hydrogens is 220 g/mol. The van der Waals surface area contributed by atoms with Crippen molar-refractivity contribution in [3.8, 4) is 0 Å². The first-order valence-corrected chi connectivity index (χ1v) is 7.28. The van der Waals surface area contributed by atoms with Crippen LogP contribution in [0.15, 0.2) is 24.3 Å². The summed E-state index contributed by atoms with van der Waals surface area (Å²) >= 11 is 0. The second-order valence-corrected chi connectivity index (χ2v) is 6.34. The number of hydrogen-bond donors (Lipinski definition) is 0. The van der Waals surface area contributed by atoms with Crippen molar-refractivity contribution in [3.05, 3.63) is 35.4 Å². The Morgan fingerprint density at radius 3 is 2.83 bits per heavy atom. The molecule has 0 radical (unpaired) electrons. The van der Waals surface area contributed by atoms with E-state index in [9.17, 15) is 4.79 Å². The third kappa shape index (κ3) is 2.50. The van der Waals surface area contributed by atoms with Crippen LogP contribution in [0, 0.1) is 24.7 Å². The van der Waals surface area contributed by atoms with Crippen LogP contribution in [0.4, 0.5) is 0 Å². The van der Waals surface area contributed by atoms with Gasteiger partial charge in [-0.25, -0.2) is 0 Å². The predicted molar refractivity (Wildman–Crippen MR) is 73.4 cm³/mol. The summed E-state index contributed by atoms with van der Waals surface area (Å²) in [7, 11) is 0. The largest absolute Gasteiger partial charge is 0.299 e. The molecule has 3 rings (SSSR count). The van der Waals surface area contributed by atoms with Gasteiger partial charge in [0.05, 0.1) is 0 Å². The van der Waals surface area contributed by atoms with E-state index in [0.29, 0.717) is 18.1 Å². The van der Waals surface area contributed by atoms with Crippen LogP contribution in [0.3, 0.4) is 0 Å². The lowest BCUT2D eigenvalue weighted by Crippen LogP contribution is -2.16. The summed E-state index contributed by atoms with van der Waals surface area (Å²) in [5, 5.41) is 0. The van der Waals surface area contributed by atoms with Gasteiger partial charge in [0, 0.05) is 12.8 Å². The molecule has 2 saturated carbocycles. The second-order valence-electron chi connectivity index (χ2n) is 6.34.